The van der Waals surface area contributed by atoms with E-state index in [4.69, 9.17) is 35.4 Å². The van der Waals surface area contributed by atoms with Gasteiger partial charge in [0, 0.05) is 34.5 Å². The Labute approximate surface area is 175 Å². The number of rotatable bonds is 5. The highest BCUT2D eigenvalue weighted by molar-refractivity contribution is 8.26. The molecule has 1 aliphatic rings. The van der Waals surface area contributed by atoms with Crippen LogP contribution in [0.3, 0.4) is 0 Å². The normalized spacial score (nSPS) is 15.5. The zero-order valence-corrected chi connectivity index (χ0v) is 17.0. The van der Waals surface area contributed by atoms with Crippen LogP contribution < -0.4 is 5.32 Å². The summed E-state index contributed by atoms with van der Waals surface area (Å²) in [7, 11) is 0. The number of thioether (sulfide) groups is 1. The van der Waals surface area contributed by atoms with E-state index in [9.17, 15) is 9.59 Å². The molecule has 0 unspecified atom stereocenters. The summed E-state index contributed by atoms with van der Waals surface area (Å²) in [5, 5.41) is 3.62. The Hall–Kier alpha value is -1.93. The number of nitrogens with one attached hydrogen (secondary N) is 1. The third-order valence-corrected chi connectivity index (χ3v) is 5.73. The summed E-state index contributed by atoms with van der Waals surface area (Å²) >= 11 is 18.7. The van der Waals surface area contributed by atoms with Crippen LogP contribution in [0, 0.1) is 0 Å². The summed E-state index contributed by atoms with van der Waals surface area (Å²) < 4.78 is 0.313. The van der Waals surface area contributed by atoms with Crippen molar-refractivity contribution in [1.29, 1.82) is 0 Å². The second-order valence-electron chi connectivity index (χ2n) is 5.54. The van der Waals surface area contributed by atoms with Crippen molar-refractivity contribution in [2.75, 3.05) is 6.54 Å². The van der Waals surface area contributed by atoms with Crippen molar-refractivity contribution in [2.45, 2.75) is 6.54 Å². The molecule has 1 fully saturated rings. The van der Waals surface area contributed by atoms with Crippen LogP contribution in [-0.2, 0) is 16.1 Å². The molecule has 0 bridgehead atoms. The fourth-order valence-corrected chi connectivity index (χ4v) is 4.06. The number of benzene rings is 1. The number of thiocarbonyl (C=S) groups is 1. The number of pyridine rings is 1. The molecule has 1 N–H and O–H groups in total. The molecule has 1 aromatic carbocycles. The SMILES string of the molecule is O=C(CN1C(=O)/C(=C/c2c(Cl)cccc2Cl)SC1=S)NCc1ccncc1. The topological polar surface area (TPSA) is 62.3 Å². The Bertz CT molecular complexity index is 915. The molecular weight excluding hydrogens is 425 g/mol. The van der Waals surface area contributed by atoms with Crippen molar-refractivity contribution in [1.82, 2.24) is 15.2 Å². The predicted molar refractivity (Wildman–Crippen MR) is 112 cm³/mol. The molecule has 1 aromatic heterocycles. The molecule has 1 aliphatic heterocycles. The maximum atomic E-state index is 12.6. The van der Waals surface area contributed by atoms with Gasteiger partial charge in [-0.25, -0.2) is 0 Å². The Kier molecular flexibility index (Phi) is 6.49. The summed E-state index contributed by atoms with van der Waals surface area (Å²) in [6, 6.07) is 8.70. The summed E-state index contributed by atoms with van der Waals surface area (Å²) in [6.45, 7) is 0.199. The van der Waals surface area contributed by atoms with E-state index in [0.717, 1.165) is 17.3 Å². The number of hydrogen-bond donors (Lipinski definition) is 1. The monoisotopic (exact) mass is 437 g/mol. The first-order chi connectivity index (χ1) is 13.0. The van der Waals surface area contributed by atoms with Crippen molar-refractivity contribution in [3.63, 3.8) is 0 Å². The van der Waals surface area contributed by atoms with Gasteiger partial charge < -0.3 is 5.32 Å². The second kappa shape index (κ2) is 8.84. The van der Waals surface area contributed by atoms with Gasteiger partial charge >= 0.3 is 0 Å². The highest BCUT2D eigenvalue weighted by atomic mass is 35.5. The van der Waals surface area contributed by atoms with Gasteiger partial charge in [0.05, 0.1) is 4.91 Å². The van der Waals surface area contributed by atoms with Gasteiger partial charge in [0.2, 0.25) is 5.91 Å². The highest BCUT2D eigenvalue weighted by Crippen LogP contribution is 2.35. The van der Waals surface area contributed by atoms with Crippen LogP contribution in [0.15, 0.2) is 47.6 Å². The van der Waals surface area contributed by atoms with Gasteiger partial charge in [0.1, 0.15) is 10.9 Å². The summed E-state index contributed by atoms with van der Waals surface area (Å²) in [4.78, 5) is 30.4. The quantitative estimate of drug-likeness (QED) is 0.567. The van der Waals surface area contributed by atoms with Crippen LogP contribution in [0.5, 0.6) is 0 Å². The lowest BCUT2D eigenvalue weighted by Crippen LogP contribution is -2.39. The van der Waals surface area contributed by atoms with Gasteiger partial charge in [0.25, 0.3) is 5.91 Å². The van der Waals surface area contributed by atoms with Crippen LogP contribution in [-0.4, -0.2) is 32.6 Å². The maximum Gasteiger partial charge on any atom is 0.266 e. The van der Waals surface area contributed by atoms with E-state index in [-0.39, 0.29) is 18.4 Å². The molecule has 0 aliphatic carbocycles. The fraction of sp³-hybridized carbons (Fsp3) is 0.111. The van der Waals surface area contributed by atoms with Gasteiger partial charge in [-0.05, 0) is 35.9 Å². The zero-order chi connectivity index (χ0) is 19.4. The van der Waals surface area contributed by atoms with E-state index in [2.05, 4.69) is 10.3 Å². The number of halogens is 2. The van der Waals surface area contributed by atoms with Gasteiger partial charge in [-0.1, -0.05) is 53.2 Å². The smallest absolute Gasteiger partial charge is 0.266 e. The molecule has 2 amide bonds. The Morgan fingerprint density at radius 3 is 2.56 bits per heavy atom. The fourth-order valence-electron chi connectivity index (χ4n) is 2.32. The van der Waals surface area contributed by atoms with Crippen LogP contribution in [0.25, 0.3) is 6.08 Å². The summed E-state index contributed by atoms with van der Waals surface area (Å²) in [6.07, 6.45) is 4.89. The first-order valence-corrected chi connectivity index (χ1v) is 9.79. The molecule has 138 valence electrons. The van der Waals surface area contributed by atoms with E-state index in [1.807, 2.05) is 0 Å². The Morgan fingerprint density at radius 2 is 1.89 bits per heavy atom. The molecule has 9 heteroatoms. The third-order valence-electron chi connectivity index (χ3n) is 3.69. The molecule has 2 heterocycles. The highest BCUT2D eigenvalue weighted by Gasteiger charge is 2.33. The molecule has 0 saturated carbocycles. The summed E-state index contributed by atoms with van der Waals surface area (Å²) in [5.41, 5.74) is 1.46. The molecule has 2 aromatic rings. The predicted octanol–water partition coefficient (Wildman–Crippen LogP) is 3.91. The van der Waals surface area contributed by atoms with Gasteiger partial charge in [0.15, 0.2) is 0 Å². The van der Waals surface area contributed by atoms with E-state index in [1.165, 1.54) is 4.90 Å². The average Bonchev–Trinajstić information content (AvgIpc) is 2.91. The van der Waals surface area contributed by atoms with E-state index < -0.39 is 0 Å². The minimum atomic E-state index is -0.347. The van der Waals surface area contributed by atoms with Crippen LogP contribution in [0.2, 0.25) is 10.0 Å². The second-order valence-corrected chi connectivity index (χ2v) is 8.03. The number of carbonyl (C=O) groups excluding carboxylic acids is 2. The maximum absolute atomic E-state index is 12.6. The first-order valence-electron chi connectivity index (χ1n) is 7.80. The molecule has 0 radical (unpaired) electrons. The zero-order valence-electron chi connectivity index (χ0n) is 13.8. The van der Waals surface area contributed by atoms with Crippen LogP contribution in [0.1, 0.15) is 11.1 Å². The first kappa shape index (κ1) is 19.8. The number of aromatic nitrogens is 1. The van der Waals surface area contributed by atoms with Gasteiger partial charge in [-0.2, -0.15) is 0 Å². The summed E-state index contributed by atoms with van der Waals surface area (Å²) in [5.74, 6) is -0.653. The lowest BCUT2D eigenvalue weighted by Gasteiger charge is -2.14. The molecule has 3 rings (SSSR count). The molecule has 5 nitrogen and oxygen atoms in total. The molecule has 0 atom stereocenters. The number of amides is 2. The van der Waals surface area contributed by atoms with Crippen LogP contribution >= 0.6 is 47.2 Å². The lowest BCUT2D eigenvalue weighted by atomic mass is 10.2. The molecule has 0 spiro atoms. The minimum Gasteiger partial charge on any atom is -0.350 e. The molecule has 27 heavy (non-hydrogen) atoms. The number of nitrogens with zero attached hydrogens (tertiary/aromatic N) is 2. The van der Waals surface area contributed by atoms with E-state index >= 15 is 0 Å². The Morgan fingerprint density at radius 1 is 1.22 bits per heavy atom. The minimum absolute atomic E-state index is 0.149. The van der Waals surface area contributed by atoms with E-state index in [0.29, 0.717) is 31.4 Å². The molecular formula is C18H13Cl2N3O2S2. The number of carbonyl (C=O) groups is 2. The van der Waals surface area contributed by atoms with Crippen LogP contribution in [0.4, 0.5) is 0 Å². The lowest BCUT2D eigenvalue weighted by molar-refractivity contribution is -0.128. The standard InChI is InChI=1S/C18H13Cl2N3O2S2/c19-13-2-1-3-14(20)12(13)8-15-17(25)23(18(26)27-15)10-16(24)22-9-11-4-6-21-7-5-11/h1-8H,9-10H2,(H,22,24)/b15-8-. The van der Waals surface area contributed by atoms with Crippen molar-refractivity contribution in [3.8, 4) is 0 Å². The van der Waals surface area contributed by atoms with Crippen molar-refractivity contribution >= 4 is 69.4 Å². The van der Waals surface area contributed by atoms with Crippen molar-refractivity contribution < 1.29 is 9.59 Å². The van der Waals surface area contributed by atoms with Crippen molar-refractivity contribution in [2.24, 2.45) is 0 Å². The average molecular weight is 438 g/mol. The largest absolute Gasteiger partial charge is 0.350 e. The Balaban J connectivity index is 1.67. The van der Waals surface area contributed by atoms with Crippen molar-refractivity contribution in [3.05, 3.63) is 68.8 Å². The van der Waals surface area contributed by atoms with Gasteiger partial charge in [-0.3, -0.25) is 19.5 Å². The molecule has 1 saturated heterocycles. The van der Waals surface area contributed by atoms with Gasteiger partial charge in [-0.15, -0.1) is 0 Å². The number of hydrogen-bond acceptors (Lipinski definition) is 5. The van der Waals surface area contributed by atoms with E-state index in [1.54, 1.807) is 48.8 Å². The third kappa shape index (κ3) is 4.87.